The van der Waals surface area contributed by atoms with Crippen LogP contribution in [0.4, 0.5) is 4.39 Å². The van der Waals surface area contributed by atoms with E-state index in [1.54, 1.807) is 6.92 Å². The topological polar surface area (TPSA) is 69.7 Å². The summed E-state index contributed by atoms with van der Waals surface area (Å²) in [5.41, 5.74) is 0.310. The molecular formula is C9H10FO5PS. The largest absolute Gasteiger partial charge is 0.329 e. The predicted molar refractivity (Wildman–Crippen MR) is 57.6 cm³/mol. The van der Waals surface area contributed by atoms with Crippen molar-refractivity contribution < 1.29 is 26.1 Å². The molecule has 0 aliphatic heterocycles. The van der Waals surface area contributed by atoms with E-state index in [4.69, 9.17) is 0 Å². The summed E-state index contributed by atoms with van der Waals surface area (Å²) in [7, 11) is -4.96. The average Bonchev–Trinajstić information content (AvgIpc) is 2.28. The smallest absolute Gasteiger partial charge is 0.265 e. The highest BCUT2D eigenvalue weighted by molar-refractivity contribution is 7.86. The summed E-state index contributed by atoms with van der Waals surface area (Å²) < 4.78 is 55.3. The lowest BCUT2D eigenvalue weighted by Crippen LogP contribution is -2.12. The zero-order chi connectivity index (χ0) is 12.9. The van der Waals surface area contributed by atoms with E-state index in [1.165, 1.54) is 12.1 Å². The summed E-state index contributed by atoms with van der Waals surface area (Å²) in [4.78, 5) is -0.506. The second-order valence-electron chi connectivity index (χ2n) is 2.98. The second-order valence-corrected chi connectivity index (χ2v) is 4.93. The van der Waals surface area contributed by atoms with Crippen LogP contribution >= 0.6 is 8.69 Å². The fourth-order valence-corrected chi connectivity index (χ4v) is 2.58. The molecule has 1 rings (SSSR count). The highest BCUT2D eigenvalue weighted by Crippen LogP contribution is 2.22. The standard InChI is InChI=1S/C9H10FO5PS/c1-2-7-4-3-5-8(10)9(7)17(12,13)15-6-14-16-11/h3-5H,2,6H2,1H3. The summed E-state index contributed by atoms with van der Waals surface area (Å²) in [6.07, 6.45) is 0.344. The molecule has 0 saturated carbocycles. The van der Waals surface area contributed by atoms with Crippen LogP contribution in [0.5, 0.6) is 0 Å². The van der Waals surface area contributed by atoms with Gasteiger partial charge in [0.1, 0.15) is 10.7 Å². The Morgan fingerprint density at radius 3 is 2.71 bits per heavy atom. The van der Waals surface area contributed by atoms with Crippen molar-refractivity contribution in [3.8, 4) is 0 Å². The molecular weight excluding hydrogens is 270 g/mol. The molecule has 0 N–H and O–H groups in total. The molecule has 8 heteroatoms. The number of halogens is 1. The van der Waals surface area contributed by atoms with Gasteiger partial charge in [-0.1, -0.05) is 19.1 Å². The van der Waals surface area contributed by atoms with Gasteiger partial charge in [-0.05, 0) is 18.1 Å². The van der Waals surface area contributed by atoms with Gasteiger partial charge in [-0.15, -0.1) is 0 Å². The molecule has 0 aromatic heterocycles. The lowest BCUT2D eigenvalue weighted by atomic mass is 10.2. The van der Waals surface area contributed by atoms with Crippen molar-refractivity contribution >= 4 is 18.8 Å². The molecule has 1 aromatic rings. The molecule has 0 radical (unpaired) electrons. The molecule has 0 bridgehead atoms. The van der Waals surface area contributed by atoms with Crippen molar-refractivity contribution in [3.63, 3.8) is 0 Å². The lowest BCUT2D eigenvalue weighted by Gasteiger charge is -2.09. The maximum absolute atomic E-state index is 13.5. The molecule has 0 fully saturated rings. The molecule has 0 saturated heterocycles. The monoisotopic (exact) mass is 280 g/mol. The Hall–Kier alpha value is -0.880. The van der Waals surface area contributed by atoms with Gasteiger partial charge < -0.3 is 0 Å². The lowest BCUT2D eigenvalue weighted by molar-refractivity contribution is 0.139. The minimum absolute atomic E-state index is 0.310. The average molecular weight is 280 g/mol. The summed E-state index contributed by atoms with van der Waals surface area (Å²) in [5, 5.41) is 0. The van der Waals surface area contributed by atoms with Crippen LogP contribution in [0, 0.1) is 5.82 Å². The molecule has 0 heterocycles. The zero-order valence-corrected chi connectivity index (χ0v) is 10.6. The molecule has 5 nitrogen and oxygen atoms in total. The first-order valence-electron chi connectivity index (χ1n) is 4.64. The third kappa shape index (κ3) is 3.54. The molecule has 0 aliphatic rings. The van der Waals surface area contributed by atoms with E-state index in [1.807, 2.05) is 0 Å². The van der Waals surface area contributed by atoms with Crippen molar-refractivity contribution in [2.45, 2.75) is 18.2 Å². The van der Waals surface area contributed by atoms with Gasteiger partial charge in [-0.25, -0.2) is 13.1 Å². The third-order valence-electron chi connectivity index (χ3n) is 1.99. The van der Waals surface area contributed by atoms with Gasteiger partial charge in [0.2, 0.25) is 0 Å². The van der Waals surface area contributed by atoms with Gasteiger partial charge in [0.05, 0.1) is 0 Å². The Kier molecular flexibility index (Phi) is 5.14. The van der Waals surface area contributed by atoms with Crippen LogP contribution in [-0.4, -0.2) is 15.2 Å². The molecule has 0 unspecified atom stereocenters. The van der Waals surface area contributed by atoms with Gasteiger partial charge in [0.25, 0.3) is 0 Å². The van der Waals surface area contributed by atoms with Crippen molar-refractivity contribution in [2.75, 3.05) is 6.79 Å². The maximum atomic E-state index is 13.5. The second kappa shape index (κ2) is 6.16. The van der Waals surface area contributed by atoms with Gasteiger partial charge in [-0.2, -0.15) is 8.42 Å². The van der Waals surface area contributed by atoms with E-state index < -0.39 is 36.3 Å². The van der Waals surface area contributed by atoms with Gasteiger partial charge in [0, 0.05) is 0 Å². The molecule has 0 atom stereocenters. The van der Waals surface area contributed by atoms with Crippen molar-refractivity contribution in [3.05, 3.63) is 29.6 Å². The molecule has 0 aliphatic carbocycles. The molecule has 1 aromatic carbocycles. The zero-order valence-electron chi connectivity index (χ0n) is 8.92. The highest BCUT2D eigenvalue weighted by atomic mass is 32.2. The molecule has 0 amide bonds. The Morgan fingerprint density at radius 1 is 1.41 bits per heavy atom. The summed E-state index contributed by atoms with van der Waals surface area (Å²) >= 11 is 0. The van der Waals surface area contributed by atoms with Crippen molar-refractivity contribution in [1.29, 1.82) is 0 Å². The Morgan fingerprint density at radius 2 is 2.12 bits per heavy atom. The fourth-order valence-electron chi connectivity index (χ4n) is 1.28. The first-order chi connectivity index (χ1) is 8.03. The Balaban J connectivity index is 3.09. The number of hydrogen-bond donors (Lipinski definition) is 0. The number of hydrogen-bond acceptors (Lipinski definition) is 5. The molecule has 17 heavy (non-hydrogen) atoms. The Bertz CT molecular complexity index is 502. The van der Waals surface area contributed by atoms with E-state index in [9.17, 15) is 17.4 Å². The third-order valence-corrected chi connectivity index (χ3v) is 3.56. The first-order valence-corrected chi connectivity index (χ1v) is 6.78. The minimum Gasteiger partial charge on any atom is -0.265 e. The highest BCUT2D eigenvalue weighted by Gasteiger charge is 2.23. The fraction of sp³-hybridized carbons (Fsp3) is 0.333. The van der Waals surface area contributed by atoms with Crippen LogP contribution in [0.15, 0.2) is 23.1 Å². The molecule has 0 spiro atoms. The van der Waals surface area contributed by atoms with Gasteiger partial charge in [0.15, 0.2) is 6.79 Å². The van der Waals surface area contributed by atoms with Gasteiger partial charge in [-0.3, -0.25) is 4.52 Å². The normalized spacial score (nSPS) is 11.9. The van der Waals surface area contributed by atoms with Crippen LogP contribution in [-0.2, 0) is 29.8 Å². The van der Waals surface area contributed by atoms with E-state index >= 15 is 0 Å². The Labute approximate surface area is 100.0 Å². The van der Waals surface area contributed by atoms with E-state index in [-0.39, 0.29) is 0 Å². The van der Waals surface area contributed by atoms with Crippen LogP contribution < -0.4 is 0 Å². The van der Waals surface area contributed by atoms with Crippen LogP contribution in [0.1, 0.15) is 12.5 Å². The van der Waals surface area contributed by atoms with Crippen molar-refractivity contribution in [1.82, 2.24) is 0 Å². The van der Waals surface area contributed by atoms with E-state index in [0.717, 1.165) is 6.07 Å². The number of benzene rings is 1. The quantitative estimate of drug-likeness (QED) is 0.346. The number of rotatable bonds is 6. The van der Waals surface area contributed by atoms with Crippen LogP contribution in [0.2, 0.25) is 0 Å². The van der Waals surface area contributed by atoms with Crippen LogP contribution in [0.3, 0.4) is 0 Å². The first kappa shape index (κ1) is 14.2. The summed E-state index contributed by atoms with van der Waals surface area (Å²) in [5.74, 6) is -0.885. The molecule has 94 valence electrons. The van der Waals surface area contributed by atoms with Gasteiger partial charge >= 0.3 is 18.8 Å². The SMILES string of the molecule is CCc1cccc(F)c1S(=O)(=O)OCOP=O. The number of aryl methyl sites for hydroxylation is 1. The van der Waals surface area contributed by atoms with Crippen molar-refractivity contribution in [2.24, 2.45) is 0 Å². The summed E-state index contributed by atoms with van der Waals surface area (Å²) in [6.45, 7) is 0.964. The van der Waals surface area contributed by atoms with Crippen LogP contribution in [0.25, 0.3) is 0 Å². The van der Waals surface area contributed by atoms with E-state index in [2.05, 4.69) is 8.71 Å². The maximum Gasteiger partial charge on any atom is 0.329 e. The summed E-state index contributed by atoms with van der Waals surface area (Å²) in [6, 6.07) is 3.94. The van der Waals surface area contributed by atoms with E-state index in [0.29, 0.717) is 12.0 Å². The minimum atomic E-state index is -4.25. The predicted octanol–water partition coefficient (Wildman–Crippen LogP) is 2.27.